The molecule has 1 amide bonds. The number of aryl methyl sites for hydroxylation is 2. The number of carbonyl (C=O) groups is 1. The molecule has 5 nitrogen and oxygen atoms in total. The van der Waals surface area contributed by atoms with E-state index in [-0.39, 0.29) is 23.7 Å². The molecule has 2 aromatic rings. The van der Waals surface area contributed by atoms with Crippen LogP contribution in [-0.2, 0) is 4.79 Å². The number of hydrogen-bond donors (Lipinski definition) is 1. The molecular formula is C15H14ClNO4. The summed E-state index contributed by atoms with van der Waals surface area (Å²) in [4.78, 5) is 23.4. The van der Waals surface area contributed by atoms with Gasteiger partial charge in [0, 0.05) is 16.8 Å². The highest BCUT2D eigenvalue weighted by molar-refractivity contribution is 6.31. The summed E-state index contributed by atoms with van der Waals surface area (Å²) in [6.07, 6.45) is 1.28. The van der Waals surface area contributed by atoms with E-state index in [0.717, 1.165) is 5.56 Å². The van der Waals surface area contributed by atoms with Gasteiger partial charge in [-0.05, 0) is 31.5 Å². The Morgan fingerprint density at radius 1 is 1.33 bits per heavy atom. The molecule has 1 heterocycles. The van der Waals surface area contributed by atoms with Crippen molar-refractivity contribution in [3.05, 3.63) is 57.1 Å². The lowest BCUT2D eigenvalue weighted by atomic mass is 10.2. The topological polar surface area (TPSA) is 68.5 Å². The minimum absolute atomic E-state index is 0.0375. The van der Waals surface area contributed by atoms with Gasteiger partial charge < -0.3 is 14.5 Å². The van der Waals surface area contributed by atoms with Gasteiger partial charge in [0.2, 0.25) is 11.2 Å². The molecule has 0 aliphatic heterocycles. The van der Waals surface area contributed by atoms with Gasteiger partial charge in [-0.1, -0.05) is 17.7 Å². The SMILES string of the molecule is Cc1ccc(Cl)cc1NC(=O)COc1c(C)occc1=O. The average Bonchev–Trinajstić information content (AvgIpc) is 2.42. The van der Waals surface area contributed by atoms with Crippen LogP contribution in [0.15, 0.2) is 39.7 Å². The molecule has 0 bridgehead atoms. The lowest BCUT2D eigenvalue weighted by Gasteiger charge is -2.10. The van der Waals surface area contributed by atoms with Gasteiger partial charge in [-0.3, -0.25) is 9.59 Å². The predicted molar refractivity (Wildman–Crippen MR) is 80.0 cm³/mol. The summed E-state index contributed by atoms with van der Waals surface area (Å²) < 4.78 is 10.3. The summed E-state index contributed by atoms with van der Waals surface area (Å²) in [6.45, 7) is 3.15. The number of rotatable bonds is 4. The molecule has 0 aliphatic carbocycles. The molecule has 0 spiro atoms. The first kappa shape index (κ1) is 15.1. The number of anilines is 1. The molecule has 0 saturated carbocycles. The van der Waals surface area contributed by atoms with Crippen LogP contribution in [0.1, 0.15) is 11.3 Å². The van der Waals surface area contributed by atoms with Crippen LogP contribution in [0.2, 0.25) is 5.02 Å². The molecule has 110 valence electrons. The van der Waals surface area contributed by atoms with Crippen molar-refractivity contribution in [2.45, 2.75) is 13.8 Å². The number of amides is 1. The van der Waals surface area contributed by atoms with Gasteiger partial charge in [-0.15, -0.1) is 0 Å². The van der Waals surface area contributed by atoms with E-state index >= 15 is 0 Å². The second kappa shape index (κ2) is 6.45. The molecule has 0 atom stereocenters. The number of carbonyl (C=O) groups excluding carboxylic acids is 1. The van der Waals surface area contributed by atoms with Crippen molar-refractivity contribution in [1.29, 1.82) is 0 Å². The summed E-state index contributed by atoms with van der Waals surface area (Å²) in [5.74, 6) is -0.0206. The van der Waals surface area contributed by atoms with Gasteiger partial charge in [-0.2, -0.15) is 0 Å². The summed E-state index contributed by atoms with van der Waals surface area (Å²) in [6, 6.07) is 6.43. The summed E-state index contributed by atoms with van der Waals surface area (Å²) in [5.41, 5.74) is 1.15. The van der Waals surface area contributed by atoms with Gasteiger partial charge in [-0.25, -0.2) is 0 Å². The molecule has 1 aromatic heterocycles. The molecule has 6 heteroatoms. The van der Waals surface area contributed by atoms with Crippen molar-refractivity contribution < 1.29 is 13.9 Å². The van der Waals surface area contributed by atoms with Crippen molar-refractivity contribution in [2.24, 2.45) is 0 Å². The summed E-state index contributed by atoms with van der Waals surface area (Å²) >= 11 is 5.88. The number of ether oxygens (including phenoxy) is 1. The van der Waals surface area contributed by atoms with Crippen LogP contribution in [0.3, 0.4) is 0 Å². The second-order valence-corrected chi connectivity index (χ2v) is 4.90. The largest absolute Gasteiger partial charge is 0.476 e. The van der Waals surface area contributed by atoms with Gasteiger partial charge >= 0.3 is 0 Å². The molecule has 1 aromatic carbocycles. The van der Waals surface area contributed by atoms with E-state index in [9.17, 15) is 9.59 Å². The Morgan fingerprint density at radius 3 is 2.81 bits per heavy atom. The minimum atomic E-state index is -0.386. The molecule has 0 saturated heterocycles. The van der Waals surface area contributed by atoms with Gasteiger partial charge in [0.05, 0.1) is 6.26 Å². The van der Waals surface area contributed by atoms with Gasteiger partial charge in [0.25, 0.3) is 5.91 Å². The second-order valence-electron chi connectivity index (χ2n) is 4.47. The third-order valence-corrected chi connectivity index (χ3v) is 3.06. The quantitative estimate of drug-likeness (QED) is 0.943. The van der Waals surface area contributed by atoms with Crippen LogP contribution < -0.4 is 15.5 Å². The van der Waals surface area contributed by atoms with Crippen LogP contribution >= 0.6 is 11.6 Å². The zero-order valence-electron chi connectivity index (χ0n) is 11.6. The Morgan fingerprint density at radius 2 is 2.10 bits per heavy atom. The maximum absolute atomic E-state index is 11.9. The highest BCUT2D eigenvalue weighted by Gasteiger charge is 2.10. The maximum atomic E-state index is 11.9. The van der Waals surface area contributed by atoms with Crippen molar-refractivity contribution in [1.82, 2.24) is 0 Å². The van der Waals surface area contributed by atoms with E-state index in [2.05, 4.69) is 5.32 Å². The summed E-state index contributed by atoms with van der Waals surface area (Å²) in [7, 11) is 0. The van der Waals surface area contributed by atoms with Gasteiger partial charge in [0.1, 0.15) is 5.76 Å². The van der Waals surface area contributed by atoms with Crippen LogP contribution in [0.4, 0.5) is 5.69 Å². The first-order valence-electron chi connectivity index (χ1n) is 6.24. The first-order chi connectivity index (χ1) is 9.97. The third-order valence-electron chi connectivity index (χ3n) is 2.83. The van der Waals surface area contributed by atoms with Crippen molar-refractivity contribution in [3.8, 4) is 5.75 Å². The number of hydrogen-bond acceptors (Lipinski definition) is 4. The number of halogens is 1. The van der Waals surface area contributed by atoms with E-state index in [1.165, 1.54) is 12.3 Å². The molecule has 0 fully saturated rings. The minimum Gasteiger partial charge on any atom is -0.476 e. The fourth-order valence-electron chi connectivity index (χ4n) is 1.73. The lowest BCUT2D eigenvalue weighted by Crippen LogP contribution is -2.22. The molecular weight excluding hydrogens is 294 g/mol. The zero-order valence-corrected chi connectivity index (χ0v) is 12.4. The van der Waals surface area contributed by atoms with Crippen LogP contribution in [0.25, 0.3) is 0 Å². The van der Waals surface area contributed by atoms with Crippen LogP contribution in [0.5, 0.6) is 5.75 Å². The van der Waals surface area contributed by atoms with E-state index in [0.29, 0.717) is 16.5 Å². The zero-order chi connectivity index (χ0) is 15.4. The third kappa shape index (κ3) is 3.86. The molecule has 0 aliphatic rings. The fraction of sp³-hybridized carbons (Fsp3) is 0.200. The Kier molecular flexibility index (Phi) is 4.65. The van der Waals surface area contributed by atoms with E-state index in [1.54, 1.807) is 25.1 Å². The normalized spacial score (nSPS) is 10.2. The maximum Gasteiger partial charge on any atom is 0.262 e. The van der Waals surface area contributed by atoms with E-state index in [4.69, 9.17) is 20.8 Å². The Labute approximate surface area is 126 Å². The standard InChI is InChI=1S/C15H14ClNO4/c1-9-3-4-11(16)7-12(9)17-14(19)8-21-15-10(2)20-6-5-13(15)18/h3-7H,8H2,1-2H3,(H,17,19). The Balaban J connectivity index is 2.03. The summed E-state index contributed by atoms with van der Waals surface area (Å²) in [5, 5.41) is 3.20. The van der Waals surface area contributed by atoms with Crippen molar-refractivity contribution in [2.75, 3.05) is 11.9 Å². The number of benzene rings is 1. The predicted octanol–water partition coefficient (Wildman–Crippen LogP) is 2.93. The average molecular weight is 308 g/mol. The van der Waals surface area contributed by atoms with Crippen LogP contribution in [-0.4, -0.2) is 12.5 Å². The Bertz CT molecular complexity index is 724. The molecule has 0 unspecified atom stereocenters. The lowest BCUT2D eigenvalue weighted by molar-refractivity contribution is -0.118. The molecule has 0 radical (unpaired) electrons. The molecule has 21 heavy (non-hydrogen) atoms. The number of nitrogens with one attached hydrogen (secondary N) is 1. The molecule has 1 N–H and O–H groups in total. The van der Waals surface area contributed by atoms with Crippen LogP contribution in [0, 0.1) is 13.8 Å². The van der Waals surface area contributed by atoms with Crippen molar-refractivity contribution in [3.63, 3.8) is 0 Å². The highest BCUT2D eigenvalue weighted by Crippen LogP contribution is 2.20. The van der Waals surface area contributed by atoms with E-state index in [1.807, 2.05) is 6.92 Å². The Hall–Kier alpha value is -2.27. The monoisotopic (exact) mass is 307 g/mol. The first-order valence-corrected chi connectivity index (χ1v) is 6.62. The van der Waals surface area contributed by atoms with Crippen molar-refractivity contribution >= 4 is 23.2 Å². The molecule has 2 rings (SSSR count). The smallest absolute Gasteiger partial charge is 0.262 e. The highest BCUT2D eigenvalue weighted by atomic mass is 35.5. The van der Waals surface area contributed by atoms with Gasteiger partial charge in [0.15, 0.2) is 6.61 Å². The fourth-order valence-corrected chi connectivity index (χ4v) is 1.90. The van der Waals surface area contributed by atoms with E-state index < -0.39 is 0 Å².